The second-order valence-corrected chi connectivity index (χ2v) is 7.25. The van der Waals surface area contributed by atoms with Crippen LogP contribution in [-0.4, -0.2) is 53.2 Å². The smallest absolute Gasteiger partial charge is 0.420 e. The van der Waals surface area contributed by atoms with E-state index in [1.54, 1.807) is 12.3 Å². The first-order valence-electron chi connectivity index (χ1n) is 8.70. The Bertz CT molecular complexity index is 998. The van der Waals surface area contributed by atoms with E-state index in [1.807, 2.05) is 4.90 Å². The molecule has 6 rings (SSSR count). The van der Waals surface area contributed by atoms with Crippen LogP contribution in [0.3, 0.4) is 0 Å². The highest BCUT2D eigenvalue weighted by Gasteiger charge is 2.39. The summed E-state index contributed by atoms with van der Waals surface area (Å²) in [5, 5.41) is 6.98. The molecule has 3 aliphatic rings. The van der Waals surface area contributed by atoms with Crippen molar-refractivity contribution < 1.29 is 22.3 Å². The minimum atomic E-state index is -4.67. The van der Waals surface area contributed by atoms with Crippen LogP contribution in [0.4, 0.5) is 19.2 Å². The molecule has 0 saturated carbocycles. The standard InChI is InChI=1S/C17H15ClF3N5O2/c18-11-4-12(26-3-1-2-23-26)15-14(13(11)17(19,20)21)24-16(28-15)25-6-9-8-27-10(7-25)5-22-9/h1-4,9-10,22H,5-8H2. The van der Waals surface area contributed by atoms with Crippen LogP contribution in [0.25, 0.3) is 16.8 Å². The number of aromatic nitrogens is 3. The van der Waals surface area contributed by atoms with Crippen LogP contribution in [0, 0.1) is 0 Å². The van der Waals surface area contributed by atoms with Crippen LogP contribution in [0.5, 0.6) is 0 Å². The highest BCUT2D eigenvalue weighted by molar-refractivity contribution is 6.32. The minimum Gasteiger partial charge on any atom is -0.421 e. The quantitative estimate of drug-likeness (QED) is 0.697. The summed E-state index contributed by atoms with van der Waals surface area (Å²) in [6, 6.07) is 3.03. The maximum absolute atomic E-state index is 13.7. The molecule has 2 bridgehead atoms. The molecule has 3 fully saturated rings. The molecule has 0 amide bonds. The van der Waals surface area contributed by atoms with Crippen LogP contribution < -0.4 is 10.2 Å². The van der Waals surface area contributed by atoms with Gasteiger partial charge in [-0.1, -0.05) is 11.6 Å². The van der Waals surface area contributed by atoms with Gasteiger partial charge in [-0.05, 0) is 12.1 Å². The van der Waals surface area contributed by atoms with Crippen molar-refractivity contribution in [1.29, 1.82) is 0 Å². The van der Waals surface area contributed by atoms with Crippen LogP contribution >= 0.6 is 11.6 Å². The fourth-order valence-electron chi connectivity index (χ4n) is 3.65. The lowest BCUT2D eigenvalue weighted by Gasteiger charge is -2.23. The van der Waals surface area contributed by atoms with Gasteiger partial charge in [0.05, 0.1) is 17.7 Å². The van der Waals surface area contributed by atoms with E-state index in [0.717, 1.165) is 0 Å². The number of hydrogen-bond donors (Lipinski definition) is 1. The van der Waals surface area contributed by atoms with Gasteiger partial charge >= 0.3 is 6.18 Å². The summed E-state index contributed by atoms with van der Waals surface area (Å²) >= 11 is 6.00. The Hall–Kier alpha value is -2.30. The molecule has 0 aliphatic carbocycles. The third-order valence-corrected chi connectivity index (χ3v) is 5.22. The van der Waals surface area contributed by atoms with Gasteiger partial charge in [-0.15, -0.1) is 0 Å². The van der Waals surface area contributed by atoms with Crippen molar-refractivity contribution in [2.75, 3.05) is 31.1 Å². The molecule has 1 N–H and O–H groups in total. The topological polar surface area (TPSA) is 68.4 Å². The number of hydrogen-bond acceptors (Lipinski definition) is 6. The van der Waals surface area contributed by atoms with Gasteiger partial charge in [0.1, 0.15) is 16.8 Å². The molecule has 2 unspecified atom stereocenters. The predicted octanol–water partition coefficient (Wildman–Crippen LogP) is 2.86. The molecule has 7 nitrogen and oxygen atoms in total. The fraction of sp³-hybridized carbons (Fsp3) is 0.412. The summed E-state index contributed by atoms with van der Waals surface area (Å²) in [5.74, 6) is 0. The third-order valence-electron chi connectivity index (χ3n) is 4.92. The number of alkyl halides is 3. The predicted molar refractivity (Wildman–Crippen MR) is 94.9 cm³/mol. The zero-order valence-electron chi connectivity index (χ0n) is 14.4. The molecule has 1 aromatic carbocycles. The maximum atomic E-state index is 13.7. The van der Waals surface area contributed by atoms with E-state index in [0.29, 0.717) is 31.9 Å². The maximum Gasteiger partial charge on any atom is 0.420 e. The average Bonchev–Trinajstić information content (AvgIpc) is 3.22. The number of oxazole rings is 1. The number of benzene rings is 1. The van der Waals surface area contributed by atoms with E-state index in [2.05, 4.69) is 15.4 Å². The normalized spacial score (nSPS) is 22.8. The van der Waals surface area contributed by atoms with Gasteiger partial charge in [-0.3, -0.25) is 0 Å². The first kappa shape index (κ1) is 17.8. The van der Waals surface area contributed by atoms with E-state index in [4.69, 9.17) is 20.8 Å². The molecule has 3 aromatic rings. The number of halogens is 4. The lowest BCUT2D eigenvalue weighted by atomic mass is 10.1. The molecule has 5 heterocycles. The number of morpholine rings is 1. The Morgan fingerprint density at radius 1 is 1.29 bits per heavy atom. The lowest BCUT2D eigenvalue weighted by Crippen LogP contribution is -2.45. The highest BCUT2D eigenvalue weighted by atomic mass is 35.5. The number of rotatable bonds is 2. The van der Waals surface area contributed by atoms with E-state index < -0.39 is 16.8 Å². The van der Waals surface area contributed by atoms with Crippen molar-refractivity contribution in [3.63, 3.8) is 0 Å². The highest BCUT2D eigenvalue weighted by Crippen LogP contribution is 2.43. The van der Waals surface area contributed by atoms with Crippen molar-refractivity contribution in [2.24, 2.45) is 0 Å². The number of fused-ring (bicyclic) bond motifs is 5. The van der Waals surface area contributed by atoms with Crippen molar-refractivity contribution in [2.45, 2.75) is 18.3 Å². The van der Waals surface area contributed by atoms with Crippen LogP contribution in [0.1, 0.15) is 5.56 Å². The van der Waals surface area contributed by atoms with Gasteiger partial charge in [-0.25, -0.2) is 4.68 Å². The van der Waals surface area contributed by atoms with Crippen molar-refractivity contribution in [3.05, 3.63) is 35.1 Å². The van der Waals surface area contributed by atoms with Crippen LogP contribution in [-0.2, 0) is 10.9 Å². The Morgan fingerprint density at radius 3 is 2.82 bits per heavy atom. The largest absolute Gasteiger partial charge is 0.421 e. The van der Waals surface area contributed by atoms with E-state index in [-0.39, 0.29) is 29.3 Å². The molecule has 0 radical (unpaired) electrons. The molecule has 148 valence electrons. The second-order valence-electron chi connectivity index (χ2n) is 6.84. The zero-order chi connectivity index (χ0) is 19.5. The molecular weight excluding hydrogens is 399 g/mol. The summed E-state index contributed by atoms with van der Waals surface area (Å²) < 4.78 is 54.0. The van der Waals surface area contributed by atoms with Gasteiger partial charge in [0.2, 0.25) is 0 Å². The molecule has 11 heteroatoms. The number of ether oxygens (including phenoxy) is 1. The SMILES string of the molecule is FC(F)(F)c1c(Cl)cc(-n2cccn2)c2oc(N3CC4COC(CN4)C3)nc12. The van der Waals surface area contributed by atoms with Gasteiger partial charge in [-0.2, -0.15) is 23.3 Å². The Morgan fingerprint density at radius 2 is 2.14 bits per heavy atom. The molecule has 3 saturated heterocycles. The van der Waals surface area contributed by atoms with Gasteiger partial charge in [0.15, 0.2) is 5.58 Å². The monoisotopic (exact) mass is 413 g/mol. The fourth-order valence-corrected chi connectivity index (χ4v) is 3.95. The molecular formula is C17H15ClF3N5O2. The third kappa shape index (κ3) is 2.92. The number of nitrogens with one attached hydrogen (secondary N) is 1. The molecule has 2 aromatic heterocycles. The average molecular weight is 414 g/mol. The Labute approximate surface area is 162 Å². The molecule has 3 aliphatic heterocycles. The van der Waals surface area contributed by atoms with Gasteiger partial charge < -0.3 is 19.4 Å². The van der Waals surface area contributed by atoms with E-state index >= 15 is 0 Å². The molecule has 0 spiro atoms. The first-order valence-corrected chi connectivity index (χ1v) is 9.08. The summed E-state index contributed by atoms with van der Waals surface area (Å²) in [5.41, 5.74) is -1.06. The summed E-state index contributed by atoms with van der Waals surface area (Å²) in [6.07, 6.45) is -1.63. The Balaban J connectivity index is 1.69. The van der Waals surface area contributed by atoms with Crippen molar-refractivity contribution in [1.82, 2.24) is 20.1 Å². The zero-order valence-corrected chi connectivity index (χ0v) is 15.2. The summed E-state index contributed by atoms with van der Waals surface area (Å²) in [6.45, 7) is 2.22. The first-order chi connectivity index (χ1) is 13.4. The van der Waals surface area contributed by atoms with Gasteiger partial charge in [0, 0.05) is 38.1 Å². The second kappa shape index (κ2) is 6.36. The van der Waals surface area contributed by atoms with Crippen LogP contribution in [0.2, 0.25) is 5.02 Å². The van der Waals surface area contributed by atoms with Crippen LogP contribution in [0.15, 0.2) is 28.9 Å². The Kier molecular flexibility index (Phi) is 4.04. The lowest BCUT2D eigenvalue weighted by molar-refractivity contribution is -0.136. The van der Waals surface area contributed by atoms with Crippen molar-refractivity contribution in [3.8, 4) is 5.69 Å². The van der Waals surface area contributed by atoms with E-state index in [1.165, 1.54) is 16.9 Å². The number of nitrogens with zero attached hydrogens (tertiary/aromatic N) is 4. The van der Waals surface area contributed by atoms with E-state index in [9.17, 15) is 13.2 Å². The number of anilines is 1. The summed E-state index contributed by atoms with van der Waals surface area (Å²) in [4.78, 5) is 6.01. The molecule has 28 heavy (non-hydrogen) atoms. The van der Waals surface area contributed by atoms with Crippen molar-refractivity contribution >= 4 is 28.7 Å². The molecule has 2 atom stereocenters. The summed E-state index contributed by atoms with van der Waals surface area (Å²) in [7, 11) is 0. The minimum absolute atomic E-state index is 0.0131. The van der Waals surface area contributed by atoms with Gasteiger partial charge in [0.25, 0.3) is 6.01 Å².